The number of hydrogen-bond acceptors (Lipinski definition) is 5. The van der Waals surface area contributed by atoms with Crippen LogP contribution in [-0.2, 0) is 20.0 Å². The molecule has 0 amide bonds. The lowest BCUT2D eigenvalue weighted by Gasteiger charge is -2.19. The number of hydrogen-bond donors (Lipinski definition) is 0. The third kappa shape index (κ3) is 4.65. The molecule has 0 aromatic heterocycles. The van der Waals surface area contributed by atoms with Gasteiger partial charge in [0.15, 0.2) is 0 Å². The summed E-state index contributed by atoms with van der Waals surface area (Å²) in [5.74, 6) is -0.551. The summed E-state index contributed by atoms with van der Waals surface area (Å²) in [6, 6.07) is 16.6. The molecule has 7 heteroatoms. The van der Waals surface area contributed by atoms with Crippen LogP contribution >= 0.6 is 0 Å². The van der Waals surface area contributed by atoms with Gasteiger partial charge in [-0.2, -0.15) is 8.42 Å². The zero-order valence-corrected chi connectivity index (χ0v) is 13.4. The minimum absolute atomic E-state index is 0.216. The first-order chi connectivity index (χ1) is 11.1. The van der Waals surface area contributed by atoms with E-state index in [2.05, 4.69) is 4.47 Å². The van der Waals surface area contributed by atoms with Gasteiger partial charge in [-0.25, -0.2) is 5.01 Å². The van der Waals surface area contributed by atoms with Crippen LogP contribution in [0, 0.1) is 0 Å². The molecule has 120 valence electrons. The van der Waals surface area contributed by atoms with Gasteiger partial charge in [0.05, 0.1) is 12.3 Å². The standard InChI is InChI=1S/C16H16N2O4S/c1-2-22-16(19)12-18(17-23(20)21)15-11-7-6-10-14(15)13-8-4-3-5-9-13/h3-11H,2,12H2,1H3. The number of esters is 1. The summed E-state index contributed by atoms with van der Waals surface area (Å²) in [4.78, 5) is 11.7. The van der Waals surface area contributed by atoms with E-state index in [1.807, 2.05) is 42.5 Å². The van der Waals surface area contributed by atoms with Crippen molar-refractivity contribution in [2.45, 2.75) is 6.92 Å². The molecule has 23 heavy (non-hydrogen) atoms. The van der Waals surface area contributed by atoms with Crippen molar-refractivity contribution in [3.8, 4) is 11.1 Å². The van der Waals surface area contributed by atoms with Crippen molar-refractivity contribution in [3.05, 3.63) is 54.6 Å². The molecule has 0 N–H and O–H groups in total. The zero-order valence-electron chi connectivity index (χ0n) is 12.5. The Bertz CT molecular complexity index is 796. The van der Waals surface area contributed by atoms with E-state index in [4.69, 9.17) is 4.74 Å². The maximum Gasteiger partial charge on any atom is 0.333 e. The van der Waals surface area contributed by atoms with Gasteiger partial charge in [0, 0.05) is 5.56 Å². The first kappa shape index (κ1) is 16.7. The average molecular weight is 332 g/mol. The molecule has 0 bridgehead atoms. The Morgan fingerprint density at radius 3 is 2.39 bits per heavy atom. The number of ether oxygens (including phenoxy) is 1. The van der Waals surface area contributed by atoms with E-state index in [1.165, 1.54) is 0 Å². The smallest absolute Gasteiger partial charge is 0.333 e. The van der Waals surface area contributed by atoms with Crippen molar-refractivity contribution < 1.29 is 17.9 Å². The van der Waals surface area contributed by atoms with E-state index in [9.17, 15) is 13.2 Å². The number of anilines is 1. The molecule has 0 radical (unpaired) electrons. The largest absolute Gasteiger partial charge is 0.465 e. The molecule has 0 unspecified atom stereocenters. The Morgan fingerprint density at radius 2 is 1.74 bits per heavy atom. The third-order valence-electron chi connectivity index (χ3n) is 3.02. The number of carbonyl (C=O) groups is 1. The predicted octanol–water partition coefficient (Wildman–Crippen LogP) is 2.70. The van der Waals surface area contributed by atoms with Gasteiger partial charge in [-0.15, -0.1) is 0 Å². The van der Waals surface area contributed by atoms with E-state index in [1.54, 1.807) is 19.1 Å². The van der Waals surface area contributed by atoms with Crippen LogP contribution in [-0.4, -0.2) is 27.5 Å². The number of rotatable bonds is 6. The lowest BCUT2D eigenvalue weighted by molar-refractivity contribution is -0.141. The SMILES string of the molecule is CCOC(=O)CN(N=S(=O)=O)c1ccccc1-c1ccccc1. The van der Waals surface area contributed by atoms with Crippen LogP contribution < -0.4 is 5.01 Å². The van der Waals surface area contributed by atoms with Crippen LogP contribution in [0.2, 0.25) is 0 Å². The average Bonchev–Trinajstić information content (AvgIpc) is 2.55. The highest BCUT2D eigenvalue weighted by atomic mass is 32.2. The van der Waals surface area contributed by atoms with Gasteiger partial charge < -0.3 is 4.74 Å². The van der Waals surface area contributed by atoms with E-state index >= 15 is 0 Å². The van der Waals surface area contributed by atoms with Gasteiger partial charge in [0.2, 0.25) is 0 Å². The summed E-state index contributed by atoms with van der Waals surface area (Å²) in [6.45, 7) is 1.61. The van der Waals surface area contributed by atoms with Gasteiger partial charge in [-0.05, 0) is 23.0 Å². The van der Waals surface area contributed by atoms with Crippen LogP contribution in [0.5, 0.6) is 0 Å². The maximum absolute atomic E-state index is 11.7. The van der Waals surface area contributed by atoms with E-state index < -0.39 is 16.5 Å². The fourth-order valence-electron chi connectivity index (χ4n) is 2.13. The molecular formula is C16H16N2O4S. The molecule has 0 aliphatic rings. The van der Waals surface area contributed by atoms with E-state index in [-0.39, 0.29) is 13.2 Å². The topological polar surface area (TPSA) is 76.0 Å². The molecule has 0 saturated carbocycles. The summed E-state index contributed by atoms with van der Waals surface area (Å²) < 4.78 is 30.4. The number of benzene rings is 2. The summed E-state index contributed by atoms with van der Waals surface area (Å²) in [7, 11) is -2.69. The molecule has 2 aromatic carbocycles. The van der Waals surface area contributed by atoms with Gasteiger partial charge in [-0.1, -0.05) is 48.5 Å². The maximum atomic E-state index is 11.7. The van der Waals surface area contributed by atoms with Crippen molar-refractivity contribution in [2.75, 3.05) is 18.2 Å². The molecule has 0 heterocycles. The second-order valence-corrected chi connectivity index (χ2v) is 5.14. The Morgan fingerprint density at radius 1 is 1.09 bits per heavy atom. The van der Waals surface area contributed by atoms with Crippen LogP contribution in [0.15, 0.2) is 59.1 Å². The lowest BCUT2D eigenvalue weighted by atomic mass is 10.0. The summed E-state index contributed by atoms with van der Waals surface area (Å²) in [6.07, 6.45) is 0. The van der Waals surface area contributed by atoms with Gasteiger partial charge in [0.1, 0.15) is 6.54 Å². The fraction of sp³-hybridized carbons (Fsp3) is 0.188. The number of nitrogens with zero attached hydrogens (tertiary/aromatic N) is 2. The molecule has 0 atom stereocenters. The number of para-hydroxylation sites is 1. The predicted molar refractivity (Wildman–Crippen MR) is 87.2 cm³/mol. The summed E-state index contributed by atoms with van der Waals surface area (Å²) in [5.41, 5.74) is 2.17. The summed E-state index contributed by atoms with van der Waals surface area (Å²) in [5, 5.41) is 1.13. The molecule has 0 saturated heterocycles. The molecule has 0 aliphatic carbocycles. The molecule has 6 nitrogen and oxygen atoms in total. The van der Waals surface area contributed by atoms with Crippen molar-refractivity contribution in [1.82, 2.24) is 0 Å². The Kier molecular flexibility index (Phi) is 5.87. The van der Waals surface area contributed by atoms with Crippen LogP contribution in [0.1, 0.15) is 6.92 Å². The zero-order chi connectivity index (χ0) is 16.7. The molecule has 0 spiro atoms. The molecular weight excluding hydrogens is 316 g/mol. The normalized spacial score (nSPS) is 9.96. The van der Waals surface area contributed by atoms with Crippen molar-refractivity contribution >= 4 is 22.2 Å². The van der Waals surface area contributed by atoms with Crippen molar-refractivity contribution in [2.24, 2.45) is 4.47 Å². The molecule has 0 fully saturated rings. The first-order valence-electron chi connectivity index (χ1n) is 7.00. The van der Waals surface area contributed by atoms with Crippen LogP contribution in [0.4, 0.5) is 5.69 Å². The minimum atomic E-state index is -2.69. The first-order valence-corrected chi connectivity index (χ1v) is 8.03. The van der Waals surface area contributed by atoms with Gasteiger partial charge in [0.25, 0.3) is 0 Å². The van der Waals surface area contributed by atoms with Crippen LogP contribution in [0.3, 0.4) is 0 Å². The molecule has 2 rings (SSSR count). The lowest BCUT2D eigenvalue weighted by Crippen LogP contribution is -2.26. The summed E-state index contributed by atoms with van der Waals surface area (Å²) >= 11 is 0. The minimum Gasteiger partial charge on any atom is -0.465 e. The van der Waals surface area contributed by atoms with E-state index in [0.717, 1.165) is 16.1 Å². The fourth-order valence-corrected chi connectivity index (χ4v) is 2.43. The van der Waals surface area contributed by atoms with E-state index in [0.29, 0.717) is 5.69 Å². The van der Waals surface area contributed by atoms with Crippen molar-refractivity contribution in [3.63, 3.8) is 0 Å². The quantitative estimate of drug-likeness (QED) is 0.600. The highest BCUT2D eigenvalue weighted by Gasteiger charge is 2.16. The Balaban J connectivity index is 2.47. The Hall–Kier alpha value is -2.67. The molecule has 0 aliphatic heterocycles. The van der Waals surface area contributed by atoms with Gasteiger partial charge in [-0.3, -0.25) is 4.79 Å². The van der Waals surface area contributed by atoms with Crippen LogP contribution in [0.25, 0.3) is 11.1 Å². The highest BCUT2D eigenvalue weighted by molar-refractivity contribution is 7.61. The number of carbonyl (C=O) groups excluding carboxylic acids is 1. The second-order valence-electron chi connectivity index (χ2n) is 4.54. The third-order valence-corrected chi connectivity index (χ3v) is 3.35. The highest BCUT2D eigenvalue weighted by Crippen LogP contribution is 2.30. The Labute approximate surface area is 136 Å². The molecule has 2 aromatic rings. The monoisotopic (exact) mass is 332 g/mol. The van der Waals surface area contributed by atoms with Gasteiger partial charge >= 0.3 is 16.5 Å². The second kappa shape index (κ2) is 8.09. The van der Waals surface area contributed by atoms with Crippen molar-refractivity contribution in [1.29, 1.82) is 0 Å².